The molecule has 27 heavy (non-hydrogen) atoms. The van der Waals surface area contributed by atoms with E-state index in [0.717, 1.165) is 19.3 Å². The van der Waals surface area contributed by atoms with Crippen LogP contribution in [-0.4, -0.2) is 48.3 Å². The van der Waals surface area contributed by atoms with E-state index >= 15 is 0 Å². The van der Waals surface area contributed by atoms with E-state index in [9.17, 15) is 23.1 Å². The molecule has 2 unspecified atom stereocenters. The largest absolute Gasteiger partial charge is 0.480 e. The predicted molar refractivity (Wildman–Crippen MR) is 102 cm³/mol. The fraction of sp³-hybridized carbons (Fsp3) is 0.579. The van der Waals surface area contributed by atoms with E-state index in [1.165, 1.54) is 16.4 Å². The molecular formula is C19H28N2O5S. The van der Waals surface area contributed by atoms with Gasteiger partial charge in [-0.25, -0.2) is 13.2 Å². The van der Waals surface area contributed by atoms with Crippen molar-refractivity contribution in [3.63, 3.8) is 0 Å². The van der Waals surface area contributed by atoms with Gasteiger partial charge in [0.15, 0.2) is 0 Å². The number of rotatable bonds is 7. The number of aliphatic carboxylic acids is 1. The molecule has 1 amide bonds. The number of hydrogen-bond acceptors (Lipinski definition) is 4. The summed E-state index contributed by atoms with van der Waals surface area (Å²) in [6.45, 7) is 5.89. The molecule has 0 aromatic heterocycles. The molecule has 0 radical (unpaired) electrons. The first kappa shape index (κ1) is 21.4. The number of carboxylic acid groups (broad SMARTS) is 1. The number of nitrogens with one attached hydrogen (secondary N) is 1. The standard InChI is InChI=1S/C19H28N2O5S/c1-4-7-17(19(23)24)20-18(22)16-12-15(10-9-13(16)2)27(25,26)21-11-6-5-8-14(21)3/h9-10,12,14,17H,4-8,11H2,1-3H3,(H,20,22)(H,23,24). The lowest BCUT2D eigenvalue weighted by Gasteiger charge is -2.32. The van der Waals surface area contributed by atoms with Gasteiger partial charge in [-0.05, 0) is 50.8 Å². The van der Waals surface area contributed by atoms with Crippen LogP contribution in [0.5, 0.6) is 0 Å². The highest BCUT2D eigenvalue weighted by molar-refractivity contribution is 7.89. The highest BCUT2D eigenvalue weighted by Crippen LogP contribution is 2.26. The third kappa shape index (κ3) is 4.87. The first-order valence-corrected chi connectivity index (χ1v) is 10.8. The van der Waals surface area contributed by atoms with Gasteiger partial charge in [0.2, 0.25) is 10.0 Å². The summed E-state index contributed by atoms with van der Waals surface area (Å²) in [6, 6.07) is 3.37. The average molecular weight is 397 g/mol. The van der Waals surface area contributed by atoms with Gasteiger partial charge in [-0.3, -0.25) is 4.79 Å². The number of aryl methyl sites for hydroxylation is 1. The van der Waals surface area contributed by atoms with Crippen molar-refractivity contribution < 1.29 is 23.1 Å². The number of amides is 1. The number of piperidine rings is 1. The van der Waals surface area contributed by atoms with E-state index in [0.29, 0.717) is 24.9 Å². The Balaban J connectivity index is 2.32. The molecule has 1 saturated heterocycles. The van der Waals surface area contributed by atoms with Gasteiger partial charge < -0.3 is 10.4 Å². The first-order valence-electron chi connectivity index (χ1n) is 9.34. The van der Waals surface area contributed by atoms with Crippen LogP contribution in [0.2, 0.25) is 0 Å². The summed E-state index contributed by atoms with van der Waals surface area (Å²) >= 11 is 0. The molecule has 0 aliphatic carbocycles. The fourth-order valence-corrected chi connectivity index (χ4v) is 5.08. The minimum absolute atomic E-state index is 0.0642. The molecule has 1 aliphatic heterocycles. The van der Waals surface area contributed by atoms with Crippen LogP contribution in [0.1, 0.15) is 61.9 Å². The van der Waals surface area contributed by atoms with E-state index < -0.39 is 27.9 Å². The Morgan fingerprint density at radius 2 is 2.04 bits per heavy atom. The van der Waals surface area contributed by atoms with E-state index in [1.807, 2.05) is 13.8 Å². The maximum Gasteiger partial charge on any atom is 0.326 e. The summed E-state index contributed by atoms with van der Waals surface area (Å²) < 4.78 is 27.5. The van der Waals surface area contributed by atoms with Gasteiger partial charge in [-0.15, -0.1) is 0 Å². The second kappa shape index (κ2) is 8.84. The van der Waals surface area contributed by atoms with Gasteiger partial charge in [0.1, 0.15) is 6.04 Å². The SMILES string of the molecule is CCCC(NC(=O)c1cc(S(=O)(=O)N2CCCCC2C)ccc1C)C(=O)O. The van der Waals surface area contributed by atoms with E-state index in [2.05, 4.69) is 5.32 Å². The Bertz CT molecular complexity index is 806. The van der Waals surface area contributed by atoms with Crippen molar-refractivity contribution in [2.75, 3.05) is 6.54 Å². The summed E-state index contributed by atoms with van der Waals surface area (Å²) in [5.74, 6) is -1.68. The second-order valence-electron chi connectivity index (χ2n) is 7.09. The molecule has 0 bridgehead atoms. The number of carbonyl (C=O) groups is 2. The van der Waals surface area contributed by atoms with Gasteiger partial charge in [-0.1, -0.05) is 25.8 Å². The normalized spacial score (nSPS) is 19.4. The second-order valence-corrected chi connectivity index (χ2v) is 8.98. The minimum atomic E-state index is -3.70. The molecule has 2 atom stereocenters. The van der Waals surface area contributed by atoms with Crippen molar-refractivity contribution in [2.45, 2.75) is 69.9 Å². The smallest absolute Gasteiger partial charge is 0.326 e. The summed E-state index contributed by atoms with van der Waals surface area (Å²) in [5.41, 5.74) is 0.780. The molecule has 1 aromatic carbocycles. The first-order chi connectivity index (χ1) is 12.7. The zero-order valence-corrected chi connectivity index (χ0v) is 16.9. The zero-order valence-electron chi connectivity index (χ0n) is 16.1. The summed E-state index contributed by atoms with van der Waals surface area (Å²) in [4.78, 5) is 23.9. The van der Waals surface area contributed by atoms with Crippen LogP contribution in [0.4, 0.5) is 0 Å². The Morgan fingerprint density at radius 1 is 1.33 bits per heavy atom. The quantitative estimate of drug-likeness (QED) is 0.737. The summed E-state index contributed by atoms with van der Waals surface area (Å²) in [7, 11) is -3.70. The molecule has 8 heteroatoms. The van der Waals surface area contributed by atoms with Crippen molar-refractivity contribution in [3.8, 4) is 0 Å². The molecule has 0 saturated carbocycles. The van der Waals surface area contributed by atoms with Crippen LogP contribution in [0.3, 0.4) is 0 Å². The highest BCUT2D eigenvalue weighted by Gasteiger charge is 2.31. The molecule has 2 rings (SSSR count). The van der Waals surface area contributed by atoms with Crippen molar-refractivity contribution in [2.24, 2.45) is 0 Å². The van der Waals surface area contributed by atoms with Gasteiger partial charge in [0.05, 0.1) is 4.90 Å². The number of carboxylic acids is 1. The number of hydrogen-bond donors (Lipinski definition) is 2. The Morgan fingerprint density at radius 3 is 2.63 bits per heavy atom. The molecular weight excluding hydrogens is 368 g/mol. The molecule has 1 heterocycles. The molecule has 7 nitrogen and oxygen atoms in total. The lowest BCUT2D eigenvalue weighted by Crippen LogP contribution is -2.42. The van der Waals surface area contributed by atoms with Gasteiger partial charge in [-0.2, -0.15) is 4.31 Å². The highest BCUT2D eigenvalue weighted by atomic mass is 32.2. The molecule has 2 N–H and O–H groups in total. The zero-order chi connectivity index (χ0) is 20.2. The third-order valence-electron chi connectivity index (χ3n) is 4.98. The van der Waals surface area contributed by atoms with E-state index in [-0.39, 0.29) is 16.5 Å². The maximum absolute atomic E-state index is 13.0. The number of sulfonamides is 1. The summed E-state index contributed by atoms with van der Waals surface area (Å²) in [6.07, 6.45) is 3.56. The maximum atomic E-state index is 13.0. The van der Waals surface area contributed by atoms with Crippen molar-refractivity contribution in [3.05, 3.63) is 29.3 Å². The Kier molecular flexibility index (Phi) is 7.00. The van der Waals surface area contributed by atoms with Crippen LogP contribution in [0.25, 0.3) is 0 Å². The number of benzene rings is 1. The third-order valence-corrected chi connectivity index (χ3v) is 6.99. The van der Waals surface area contributed by atoms with Crippen molar-refractivity contribution in [1.29, 1.82) is 0 Å². The topological polar surface area (TPSA) is 104 Å². The molecule has 1 aromatic rings. The van der Waals surface area contributed by atoms with Crippen LogP contribution in [0, 0.1) is 6.92 Å². The van der Waals surface area contributed by atoms with Crippen LogP contribution in [0.15, 0.2) is 23.1 Å². The lowest BCUT2D eigenvalue weighted by atomic mass is 10.1. The van der Waals surface area contributed by atoms with Crippen LogP contribution >= 0.6 is 0 Å². The van der Waals surface area contributed by atoms with Crippen LogP contribution < -0.4 is 5.32 Å². The Labute approximate surface area is 160 Å². The average Bonchev–Trinajstić information content (AvgIpc) is 2.61. The molecule has 0 spiro atoms. The fourth-order valence-electron chi connectivity index (χ4n) is 3.35. The summed E-state index contributed by atoms with van der Waals surface area (Å²) in [5, 5.41) is 11.7. The van der Waals surface area contributed by atoms with Gasteiger partial charge in [0.25, 0.3) is 5.91 Å². The van der Waals surface area contributed by atoms with Gasteiger partial charge >= 0.3 is 5.97 Å². The van der Waals surface area contributed by atoms with Crippen molar-refractivity contribution >= 4 is 21.9 Å². The lowest BCUT2D eigenvalue weighted by molar-refractivity contribution is -0.139. The number of nitrogens with zero attached hydrogens (tertiary/aromatic N) is 1. The monoisotopic (exact) mass is 396 g/mol. The predicted octanol–water partition coefficient (Wildman–Crippen LogP) is 2.54. The Hall–Kier alpha value is -1.93. The molecule has 150 valence electrons. The van der Waals surface area contributed by atoms with Crippen molar-refractivity contribution in [1.82, 2.24) is 9.62 Å². The minimum Gasteiger partial charge on any atom is -0.480 e. The molecule has 1 fully saturated rings. The van der Waals surface area contributed by atoms with E-state index in [1.54, 1.807) is 13.0 Å². The van der Waals surface area contributed by atoms with Crippen LogP contribution in [-0.2, 0) is 14.8 Å². The molecule has 1 aliphatic rings. The van der Waals surface area contributed by atoms with Gasteiger partial charge in [0, 0.05) is 18.2 Å². The number of carbonyl (C=O) groups excluding carboxylic acids is 1. The van der Waals surface area contributed by atoms with E-state index in [4.69, 9.17) is 0 Å².